The van der Waals surface area contributed by atoms with Gasteiger partial charge in [-0.25, -0.2) is 4.98 Å². The van der Waals surface area contributed by atoms with Crippen molar-refractivity contribution in [3.63, 3.8) is 0 Å². The third-order valence-corrected chi connectivity index (χ3v) is 6.28. The first-order chi connectivity index (χ1) is 14.5. The Balaban J connectivity index is 1.42. The molecule has 2 aromatic carbocycles. The number of amides is 1. The van der Waals surface area contributed by atoms with Gasteiger partial charge in [0, 0.05) is 37.2 Å². The molecule has 0 radical (unpaired) electrons. The van der Waals surface area contributed by atoms with Crippen LogP contribution in [0.5, 0.6) is 0 Å². The second kappa shape index (κ2) is 8.58. The highest BCUT2D eigenvalue weighted by molar-refractivity contribution is 6.31. The highest BCUT2D eigenvalue weighted by Crippen LogP contribution is 2.27. The summed E-state index contributed by atoms with van der Waals surface area (Å²) in [6.07, 6.45) is 1.48. The number of carbonyl (C=O) groups excluding carboxylic acids is 1. The number of aryl methyl sites for hydroxylation is 1. The minimum Gasteiger partial charge on any atom is -0.339 e. The van der Waals surface area contributed by atoms with E-state index in [9.17, 15) is 9.59 Å². The smallest absolute Gasteiger partial charge is 0.261 e. The van der Waals surface area contributed by atoms with Crippen LogP contribution in [0.25, 0.3) is 10.9 Å². The summed E-state index contributed by atoms with van der Waals surface area (Å²) in [5.41, 5.74) is 2.56. The average Bonchev–Trinajstić information content (AvgIpc) is 2.76. The van der Waals surface area contributed by atoms with Gasteiger partial charge in [-0.15, -0.1) is 0 Å². The van der Waals surface area contributed by atoms with Crippen LogP contribution in [0.1, 0.15) is 24.1 Å². The lowest BCUT2D eigenvalue weighted by Gasteiger charge is -2.38. The molecule has 156 valence electrons. The maximum atomic E-state index is 12.8. The molecule has 1 atom stereocenters. The van der Waals surface area contributed by atoms with Crippen LogP contribution in [0.2, 0.25) is 5.02 Å². The molecule has 4 rings (SSSR count). The van der Waals surface area contributed by atoms with Crippen LogP contribution in [-0.2, 0) is 11.3 Å². The monoisotopic (exact) mass is 424 g/mol. The van der Waals surface area contributed by atoms with Crippen molar-refractivity contribution >= 4 is 28.4 Å². The zero-order valence-corrected chi connectivity index (χ0v) is 18.0. The van der Waals surface area contributed by atoms with Gasteiger partial charge in [0.1, 0.15) is 6.54 Å². The van der Waals surface area contributed by atoms with E-state index in [0.29, 0.717) is 24.0 Å². The molecule has 1 aromatic heterocycles. The summed E-state index contributed by atoms with van der Waals surface area (Å²) in [6.45, 7) is 6.86. The van der Waals surface area contributed by atoms with E-state index in [-0.39, 0.29) is 24.1 Å². The topological polar surface area (TPSA) is 58.4 Å². The second-order valence-electron chi connectivity index (χ2n) is 7.76. The minimum atomic E-state index is -0.178. The molecule has 1 fully saturated rings. The van der Waals surface area contributed by atoms with Gasteiger partial charge >= 0.3 is 0 Å². The third-order valence-electron chi connectivity index (χ3n) is 5.93. The Kier molecular flexibility index (Phi) is 5.88. The van der Waals surface area contributed by atoms with Crippen molar-refractivity contribution in [2.24, 2.45) is 0 Å². The quantitative estimate of drug-likeness (QED) is 0.645. The number of benzene rings is 2. The van der Waals surface area contributed by atoms with Crippen molar-refractivity contribution in [2.75, 3.05) is 26.2 Å². The van der Waals surface area contributed by atoms with E-state index in [4.69, 9.17) is 11.6 Å². The Morgan fingerprint density at radius 3 is 2.57 bits per heavy atom. The normalized spacial score (nSPS) is 16.0. The molecule has 2 heterocycles. The van der Waals surface area contributed by atoms with E-state index in [1.807, 2.05) is 48.2 Å². The van der Waals surface area contributed by atoms with Crippen molar-refractivity contribution in [1.29, 1.82) is 0 Å². The van der Waals surface area contributed by atoms with Gasteiger partial charge in [-0.3, -0.25) is 19.1 Å². The fraction of sp³-hybridized carbons (Fsp3) is 0.348. The molecule has 1 amide bonds. The summed E-state index contributed by atoms with van der Waals surface area (Å²) in [7, 11) is 0. The Morgan fingerprint density at radius 1 is 1.10 bits per heavy atom. The lowest BCUT2D eigenvalue weighted by Crippen LogP contribution is -2.50. The van der Waals surface area contributed by atoms with Crippen LogP contribution in [0.3, 0.4) is 0 Å². The fourth-order valence-electron chi connectivity index (χ4n) is 4.07. The van der Waals surface area contributed by atoms with Crippen molar-refractivity contribution in [2.45, 2.75) is 26.4 Å². The summed E-state index contributed by atoms with van der Waals surface area (Å²) in [4.78, 5) is 34.1. The molecule has 0 N–H and O–H groups in total. The first kappa shape index (κ1) is 20.6. The number of aromatic nitrogens is 2. The number of hydrogen-bond donors (Lipinski definition) is 0. The van der Waals surface area contributed by atoms with Crippen molar-refractivity contribution in [3.05, 3.63) is 75.3 Å². The molecule has 0 saturated carbocycles. The number of rotatable bonds is 4. The van der Waals surface area contributed by atoms with Crippen molar-refractivity contribution in [3.8, 4) is 0 Å². The lowest BCUT2D eigenvalue weighted by molar-refractivity contribution is -0.134. The standard InChI is InChI=1S/C23H25ClN4O2/c1-16-6-5-8-19-22(16)25-15-28(23(19)30)14-21(29)27-12-10-26(11-13-27)17(2)18-7-3-4-9-20(18)24/h3-9,15,17H,10-14H2,1-2H3. The van der Waals surface area contributed by atoms with E-state index >= 15 is 0 Å². The Bertz CT molecular complexity index is 1140. The SMILES string of the molecule is Cc1cccc2c(=O)n(CC(=O)N3CCN(C(C)c4ccccc4Cl)CC3)cnc12. The van der Waals surface area contributed by atoms with Crippen LogP contribution in [0.4, 0.5) is 0 Å². The van der Waals surface area contributed by atoms with Gasteiger partial charge in [-0.1, -0.05) is 41.9 Å². The van der Waals surface area contributed by atoms with Gasteiger partial charge < -0.3 is 4.90 Å². The molecule has 1 unspecified atom stereocenters. The maximum Gasteiger partial charge on any atom is 0.261 e. The van der Waals surface area contributed by atoms with Crippen molar-refractivity contribution in [1.82, 2.24) is 19.4 Å². The lowest BCUT2D eigenvalue weighted by atomic mass is 10.1. The van der Waals surface area contributed by atoms with Gasteiger partial charge in [-0.05, 0) is 37.1 Å². The molecule has 1 aliphatic heterocycles. The fourth-order valence-corrected chi connectivity index (χ4v) is 4.36. The van der Waals surface area contributed by atoms with Gasteiger partial charge in [0.25, 0.3) is 5.56 Å². The van der Waals surface area contributed by atoms with E-state index in [1.165, 1.54) is 10.9 Å². The molecule has 6 nitrogen and oxygen atoms in total. The summed E-state index contributed by atoms with van der Waals surface area (Å²) < 4.78 is 1.41. The molecular weight excluding hydrogens is 400 g/mol. The molecule has 0 aliphatic carbocycles. The molecule has 7 heteroatoms. The van der Waals surface area contributed by atoms with Crippen LogP contribution in [0.15, 0.2) is 53.6 Å². The molecule has 0 bridgehead atoms. The molecule has 30 heavy (non-hydrogen) atoms. The zero-order chi connectivity index (χ0) is 21.3. The minimum absolute atomic E-state index is 0.00970. The molecule has 0 spiro atoms. The van der Waals surface area contributed by atoms with E-state index < -0.39 is 0 Å². The first-order valence-corrected chi connectivity index (χ1v) is 10.5. The number of nitrogens with zero attached hydrogens (tertiary/aromatic N) is 4. The summed E-state index contributed by atoms with van der Waals surface area (Å²) >= 11 is 6.34. The van der Waals surface area contributed by atoms with Crippen LogP contribution >= 0.6 is 11.6 Å². The molecule has 1 aliphatic rings. The van der Waals surface area contributed by atoms with Gasteiger partial charge in [0.05, 0.1) is 17.2 Å². The van der Waals surface area contributed by atoms with Crippen LogP contribution < -0.4 is 5.56 Å². The number of hydrogen-bond acceptors (Lipinski definition) is 4. The zero-order valence-electron chi connectivity index (χ0n) is 17.2. The average molecular weight is 425 g/mol. The highest BCUT2D eigenvalue weighted by atomic mass is 35.5. The van der Waals surface area contributed by atoms with E-state index in [1.54, 1.807) is 6.07 Å². The Morgan fingerprint density at radius 2 is 1.83 bits per heavy atom. The molecular formula is C23H25ClN4O2. The number of carbonyl (C=O) groups is 1. The predicted octanol–water partition coefficient (Wildman–Crippen LogP) is 3.26. The highest BCUT2D eigenvalue weighted by Gasteiger charge is 2.26. The maximum absolute atomic E-state index is 12.8. The number of halogens is 1. The van der Waals surface area contributed by atoms with Crippen LogP contribution in [0, 0.1) is 6.92 Å². The summed E-state index contributed by atoms with van der Waals surface area (Å²) in [6, 6.07) is 13.6. The third kappa shape index (κ3) is 3.98. The Hall–Kier alpha value is -2.70. The summed E-state index contributed by atoms with van der Waals surface area (Å²) in [5, 5.41) is 1.31. The molecule has 1 saturated heterocycles. The largest absolute Gasteiger partial charge is 0.339 e. The number of piperazine rings is 1. The van der Waals surface area contributed by atoms with E-state index in [2.05, 4.69) is 16.8 Å². The predicted molar refractivity (Wildman–Crippen MR) is 119 cm³/mol. The molecule has 3 aromatic rings. The van der Waals surface area contributed by atoms with E-state index in [0.717, 1.165) is 29.2 Å². The second-order valence-corrected chi connectivity index (χ2v) is 8.17. The van der Waals surface area contributed by atoms with Crippen molar-refractivity contribution < 1.29 is 4.79 Å². The van der Waals surface area contributed by atoms with Gasteiger partial charge in [0.15, 0.2) is 0 Å². The van der Waals surface area contributed by atoms with Gasteiger partial charge in [-0.2, -0.15) is 0 Å². The summed E-state index contributed by atoms with van der Waals surface area (Å²) in [5.74, 6) is -0.0593. The van der Waals surface area contributed by atoms with Gasteiger partial charge in [0.2, 0.25) is 5.91 Å². The first-order valence-electron chi connectivity index (χ1n) is 10.2. The Labute approximate surface area is 180 Å². The number of fused-ring (bicyclic) bond motifs is 1. The van der Waals surface area contributed by atoms with Crippen LogP contribution in [-0.4, -0.2) is 51.4 Å². The number of para-hydroxylation sites is 1.